The number of methoxy groups -OCH3 is 2. The number of ether oxygens (including phenoxy) is 2. The van der Waals surface area contributed by atoms with Crippen LogP contribution in [0.3, 0.4) is 0 Å². The molecule has 0 aliphatic carbocycles. The van der Waals surface area contributed by atoms with E-state index in [1.807, 2.05) is 0 Å². The topological polar surface area (TPSA) is 67.9 Å². The third kappa shape index (κ3) is 3.20. The van der Waals surface area contributed by atoms with E-state index in [4.69, 9.17) is 9.47 Å². The van der Waals surface area contributed by atoms with Crippen LogP contribution in [0.4, 0.5) is 0 Å². The van der Waals surface area contributed by atoms with Crippen molar-refractivity contribution in [2.45, 2.75) is 6.42 Å². The van der Waals surface area contributed by atoms with Gasteiger partial charge in [0.1, 0.15) is 11.5 Å². The Morgan fingerprint density at radius 1 is 1.15 bits per heavy atom. The fourth-order valence-corrected chi connectivity index (χ4v) is 2.08. The van der Waals surface area contributed by atoms with E-state index in [2.05, 4.69) is 5.32 Å². The van der Waals surface area contributed by atoms with Crippen LogP contribution in [0.5, 0.6) is 11.5 Å². The van der Waals surface area contributed by atoms with E-state index in [9.17, 15) is 9.59 Å². The summed E-state index contributed by atoms with van der Waals surface area (Å²) in [5, 5.41) is 2.74. The third-order valence-corrected chi connectivity index (χ3v) is 3.20. The van der Waals surface area contributed by atoms with Crippen molar-refractivity contribution in [3.05, 3.63) is 23.8 Å². The van der Waals surface area contributed by atoms with Crippen molar-refractivity contribution in [3.63, 3.8) is 0 Å². The van der Waals surface area contributed by atoms with Crippen LogP contribution in [0.1, 0.15) is 16.8 Å². The molecule has 6 nitrogen and oxygen atoms in total. The molecule has 0 unspecified atom stereocenters. The fourth-order valence-electron chi connectivity index (χ4n) is 2.08. The number of nitrogens with one attached hydrogen (secondary N) is 1. The number of hydrogen-bond acceptors (Lipinski definition) is 4. The van der Waals surface area contributed by atoms with Gasteiger partial charge in [0, 0.05) is 37.7 Å². The van der Waals surface area contributed by atoms with E-state index < -0.39 is 0 Å². The van der Waals surface area contributed by atoms with E-state index in [1.54, 1.807) is 23.1 Å². The summed E-state index contributed by atoms with van der Waals surface area (Å²) in [6.45, 7) is 1.40. The Hall–Kier alpha value is -2.24. The SMILES string of the molecule is COc1cc(OC)cc(C(=O)N2CCNC(=O)CC2)c1. The second-order valence-corrected chi connectivity index (χ2v) is 4.49. The zero-order chi connectivity index (χ0) is 14.5. The number of amides is 2. The molecule has 108 valence electrons. The van der Waals surface area contributed by atoms with Gasteiger partial charge >= 0.3 is 0 Å². The van der Waals surface area contributed by atoms with E-state index in [-0.39, 0.29) is 11.8 Å². The summed E-state index contributed by atoms with van der Waals surface area (Å²) in [5.41, 5.74) is 0.496. The molecule has 1 aliphatic heterocycles. The van der Waals surface area contributed by atoms with Crippen LogP contribution in [-0.2, 0) is 4.79 Å². The number of carbonyl (C=O) groups is 2. The van der Waals surface area contributed by atoms with Gasteiger partial charge in [-0.2, -0.15) is 0 Å². The summed E-state index contributed by atoms with van der Waals surface area (Å²) in [4.78, 5) is 25.4. The third-order valence-electron chi connectivity index (χ3n) is 3.20. The van der Waals surface area contributed by atoms with Gasteiger partial charge in [-0.15, -0.1) is 0 Å². The monoisotopic (exact) mass is 278 g/mol. The summed E-state index contributed by atoms with van der Waals surface area (Å²) in [5.74, 6) is 0.982. The summed E-state index contributed by atoms with van der Waals surface area (Å²) in [7, 11) is 3.08. The van der Waals surface area contributed by atoms with Gasteiger partial charge in [0.2, 0.25) is 5.91 Å². The molecule has 1 aromatic rings. The molecule has 1 fully saturated rings. The van der Waals surface area contributed by atoms with Gasteiger partial charge in [-0.25, -0.2) is 0 Å². The molecule has 0 saturated carbocycles. The Kier molecular flexibility index (Phi) is 4.45. The van der Waals surface area contributed by atoms with Crippen molar-refractivity contribution in [1.29, 1.82) is 0 Å². The predicted molar refractivity (Wildman–Crippen MR) is 73.1 cm³/mol. The highest BCUT2D eigenvalue weighted by molar-refractivity contribution is 5.95. The highest BCUT2D eigenvalue weighted by atomic mass is 16.5. The molecule has 1 N–H and O–H groups in total. The number of nitrogens with zero attached hydrogens (tertiary/aromatic N) is 1. The van der Waals surface area contributed by atoms with Crippen molar-refractivity contribution in [2.75, 3.05) is 33.9 Å². The van der Waals surface area contributed by atoms with Gasteiger partial charge in [-0.1, -0.05) is 0 Å². The highest BCUT2D eigenvalue weighted by Crippen LogP contribution is 2.23. The highest BCUT2D eigenvalue weighted by Gasteiger charge is 2.20. The predicted octanol–water partition coefficient (Wildman–Crippen LogP) is 0.666. The van der Waals surface area contributed by atoms with Gasteiger partial charge in [0.25, 0.3) is 5.91 Å². The average Bonchev–Trinajstić information content (AvgIpc) is 2.70. The van der Waals surface area contributed by atoms with Gasteiger partial charge < -0.3 is 19.7 Å². The van der Waals surface area contributed by atoms with Gasteiger partial charge in [0.15, 0.2) is 0 Å². The molecule has 0 spiro atoms. The molecular formula is C14H18N2O4. The lowest BCUT2D eigenvalue weighted by Crippen LogP contribution is -2.34. The molecule has 0 atom stereocenters. The molecule has 6 heteroatoms. The van der Waals surface area contributed by atoms with Crippen LogP contribution in [0.2, 0.25) is 0 Å². The van der Waals surface area contributed by atoms with E-state index in [1.165, 1.54) is 14.2 Å². The molecule has 1 heterocycles. The standard InChI is InChI=1S/C14H18N2O4/c1-19-11-7-10(8-12(9-11)20-2)14(18)16-5-3-13(17)15-4-6-16/h7-9H,3-6H2,1-2H3,(H,15,17). The lowest BCUT2D eigenvalue weighted by Gasteiger charge is -2.20. The van der Waals surface area contributed by atoms with Crippen LogP contribution >= 0.6 is 0 Å². The lowest BCUT2D eigenvalue weighted by molar-refractivity contribution is -0.120. The minimum Gasteiger partial charge on any atom is -0.497 e. The van der Waals surface area contributed by atoms with Crippen molar-refractivity contribution >= 4 is 11.8 Å². The van der Waals surface area contributed by atoms with Gasteiger partial charge in [-0.3, -0.25) is 9.59 Å². The second-order valence-electron chi connectivity index (χ2n) is 4.49. The number of carbonyl (C=O) groups excluding carboxylic acids is 2. The Bertz CT molecular complexity index is 494. The molecule has 0 radical (unpaired) electrons. The van der Waals surface area contributed by atoms with Crippen LogP contribution in [-0.4, -0.2) is 50.6 Å². The second kappa shape index (κ2) is 6.27. The van der Waals surface area contributed by atoms with Crippen LogP contribution in [0, 0.1) is 0 Å². The zero-order valence-electron chi connectivity index (χ0n) is 11.6. The van der Waals surface area contributed by atoms with Gasteiger partial charge in [-0.05, 0) is 12.1 Å². The summed E-state index contributed by atoms with van der Waals surface area (Å²) < 4.78 is 10.3. The maximum Gasteiger partial charge on any atom is 0.254 e. The molecular weight excluding hydrogens is 260 g/mol. The molecule has 2 rings (SSSR count). The maximum absolute atomic E-state index is 12.5. The van der Waals surface area contributed by atoms with Crippen molar-refractivity contribution in [1.82, 2.24) is 10.2 Å². The first kappa shape index (κ1) is 14.2. The van der Waals surface area contributed by atoms with Crippen molar-refractivity contribution in [2.24, 2.45) is 0 Å². The molecule has 1 aromatic carbocycles. The first-order valence-corrected chi connectivity index (χ1v) is 6.43. The minimum absolute atomic E-state index is 0.0245. The quantitative estimate of drug-likeness (QED) is 0.882. The Balaban J connectivity index is 2.21. The molecule has 20 heavy (non-hydrogen) atoms. The summed E-state index contributed by atoms with van der Waals surface area (Å²) in [6, 6.07) is 5.06. The van der Waals surface area contributed by atoms with Crippen LogP contribution in [0.25, 0.3) is 0 Å². The zero-order valence-corrected chi connectivity index (χ0v) is 11.6. The lowest BCUT2D eigenvalue weighted by atomic mass is 10.1. The van der Waals surface area contributed by atoms with Crippen molar-refractivity contribution in [3.8, 4) is 11.5 Å². The molecule has 2 amide bonds. The Morgan fingerprint density at radius 2 is 1.80 bits per heavy atom. The van der Waals surface area contributed by atoms with E-state index in [0.29, 0.717) is 43.1 Å². The van der Waals surface area contributed by atoms with Crippen molar-refractivity contribution < 1.29 is 19.1 Å². The summed E-state index contributed by atoms with van der Waals surface area (Å²) in [6.07, 6.45) is 0.326. The van der Waals surface area contributed by atoms with E-state index >= 15 is 0 Å². The van der Waals surface area contributed by atoms with Gasteiger partial charge in [0.05, 0.1) is 14.2 Å². The van der Waals surface area contributed by atoms with E-state index in [0.717, 1.165) is 0 Å². The average molecular weight is 278 g/mol. The largest absolute Gasteiger partial charge is 0.497 e. The normalized spacial score (nSPS) is 15.3. The maximum atomic E-state index is 12.5. The fraction of sp³-hybridized carbons (Fsp3) is 0.429. The molecule has 1 saturated heterocycles. The molecule has 0 bridgehead atoms. The summed E-state index contributed by atoms with van der Waals surface area (Å²) >= 11 is 0. The number of rotatable bonds is 3. The van der Waals surface area contributed by atoms with Crippen LogP contribution < -0.4 is 14.8 Å². The first-order chi connectivity index (χ1) is 9.63. The Morgan fingerprint density at radius 3 is 2.40 bits per heavy atom. The Labute approximate surface area is 117 Å². The first-order valence-electron chi connectivity index (χ1n) is 6.43. The molecule has 0 aromatic heterocycles. The minimum atomic E-state index is -0.126. The van der Waals surface area contributed by atoms with Crippen LogP contribution in [0.15, 0.2) is 18.2 Å². The number of benzene rings is 1. The smallest absolute Gasteiger partial charge is 0.254 e. The number of hydrogen-bond donors (Lipinski definition) is 1. The molecule has 1 aliphatic rings.